The Labute approximate surface area is 107 Å². The van der Waals surface area contributed by atoms with E-state index in [-0.39, 0.29) is 6.04 Å². The van der Waals surface area contributed by atoms with E-state index in [9.17, 15) is 0 Å². The molecule has 90 valence electrons. The summed E-state index contributed by atoms with van der Waals surface area (Å²) >= 11 is 1.90. The first kappa shape index (κ1) is 12.4. The Morgan fingerprint density at radius 3 is 2.65 bits per heavy atom. The highest BCUT2D eigenvalue weighted by atomic mass is 32.2. The molecule has 0 aromatic heterocycles. The van der Waals surface area contributed by atoms with Gasteiger partial charge in [-0.3, -0.25) is 11.3 Å². The monoisotopic (exact) mass is 246 g/mol. The molecule has 0 heterocycles. The third-order valence-corrected chi connectivity index (χ3v) is 3.84. The average Bonchev–Trinajstić information content (AvgIpc) is 2.39. The predicted molar refractivity (Wildman–Crippen MR) is 77.0 cm³/mol. The molecule has 2 nitrogen and oxygen atoms in total. The Hall–Kier alpha value is -1.03. The molecule has 0 fully saturated rings. The largest absolute Gasteiger partial charge is 0.271 e. The van der Waals surface area contributed by atoms with Crippen LogP contribution in [-0.2, 0) is 0 Å². The summed E-state index contributed by atoms with van der Waals surface area (Å²) in [5.74, 6) is 7.75. The minimum atomic E-state index is 0.226. The van der Waals surface area contributed by atoms with E-state index in [0.29, 0.717) is 0 Å². The number of nitrogens with two attached hydrogens (primary N) is 1. The summed E-state index contributed by atoms with van der Waals surface area (Å²) in [6.45, 7) is 2.17. The topological polar surface area (TPSA) is 38.0 Å². The van der Waals surface area contributed by atoms with Crippen molar-refractivity contribution in [2.24, 2.45) is 5.84 Å². The minimum absolute atomic E-state index is 0.226. The molecule has 2 aromatic carbocycles. The van der Waals surface area contributed by atoms with Crippen molar-refractivity contribution in [3.8, 4) is 0 Å². The molecule has 0 spiro atoms. The normalized spacial score (nSPS) is 12.8. The summed E-state index contributed by atoms with van der Waals surface area (Å²) in [5.41, 5.74) is 4.15. The van der Waals surface area contributed by atoms with Gasteiger partial charge in [0.1, 0.15) is 0 Å². The highest BCUT2D eigenvalue weighted by Gasteiger charge is 2.09. The molecule has 2 aromatic rings. The van der Waals surface area contributed by atoms with E-state index in [1.807, 2.05) is 11.8 Å². The summed E-state index contributed by atoms with van der Waals surface area (Å²) in [4.78, 5) is 0. The zero-order chi connectivity index (χ0) is 12.1. The highest BCUT2D eigenvalue weighted by Crippen LogP contribution is 2.22. The van der Waals surface area contributed by atoms with Crippen LogP contribution < -0.4 is 11.3 Å². The van der Waals surface area contributed by atoms with Gasteiger partial charge in [0, 0.05) is 5.75 Å². The van der Waals surface area contributed by atoms with E-state index in [0.717, 1.165) is 11.5 Å². The second-order valence-electron chi connectivity index (χ2n) is 3.99. The number of rotatable bonds is 5. The standard InChI is InChI=1S/C14H18N2S/c1-2-17-10-14(16-15)13-8-7-11-5-3-4-6-12(11)9-13/h3-9,14,16H,2,10,15H2,1H3. The summed E-state index contributed by atoms with van der Waals surface area (Å²) in [6, 6.07) is 15.2. The van der Waals surface area contributed by atoms with Crippen LogP contribution in [0.3, 0.4) is 0 Å². The number of benzene rings is 2. The zero-order valence-corrected chi connectivity index (χ0v) is 10.8. The van der Waals surface area contributed by atoms with Gasteiger partial charge >= 0.3 is 0 Å². The molecule has 3 heteroatoms. The second kappa shape index (κ2) is 6.05. The molecule has 17 heavy (non-hydrogen) atoms. The fraction of sp³-hybridized carbons (Fsp3) is 0.286. The van der Waals surface area contributed by atoms with Gasteiger partial charge in [0.2, 0.25) is 0 Å². The van der Waals surface area contributed by atoms with E-state index in [1.165, 1.54) is 16.3 Å². The smallest absolute Gasteiger partial charge is 0.0550 e. The lowest BCUT2D eigenvalue weighted by molar-refractivity contribution is 0.611. The van der Waals surface area contributed by atoms with Gasteiger partial charge < -0.3 is 0 Å². The molecule has 0 aliphatic carbocycles. The molecule has 0 saturated heterocycles. The molecule has 1 unspecified atom stereocenters. The number of fused-ring (bicyclic) bond motifs is 1. The Kier molecular flexibility index (Phi) is 4.42. The van der Waals surface area contributed by atoms with Crippen molar-refractivity contribution in [1.82, 2.24) is 5.43 Å². The first-order valence-corrected chi connectivity index (χ1v) is 7.03. The Bertz CT molecular complexity index is 484. The summed E-state index contributed by atoms with van der Waals surface area (Å²) in [5, 5.41) is 2.54. The molecular formula is C14H18N2S. The fourth-order valence-electron chi connectivity index (χ4n) is 1.90. The molecule has 0 amide bonds. The summed E-state index contributed by atoms with van der Waals surface area (Å²) in [7, 11) is 0. The molecule has 0 aliphatic rings. The van der Waals surface area contributed by atoms with Crippen molar-refractivity contribution in [3.63, 3.8) is 0 Å². The van der Waals surface area contributed by atoms with Crippen LogP contribution in [0.1, 0.15) is 18.5 Å². The van der Waals surface area contributed by atoms with Crippen LogP contribution in [0, 0.1) is 0 Å². The first-order chi connectivity index (χ1) is 8.35. The quantitative estimate of drug-likeness (QED) is 0.629. The SMILES string of the molecule is CCSCC(NN)c1ccc2ccccc2c1. The molecule has 1 atom stereocenters. The molecule has 0 radical (unpaired) electrons. The van der Waals surface area contributed by atoms with Gasteiger partial charge in [-0.05, 0) is 28.2 Å². The van der Waals surface area contributed by atoms with Gasteiger partial charge in [0.25, 0.3) is 0 Å². The fourth-order valence-corrected chi connectivity index (χ4v) is 2.66. The lowest BCUT2D eigenvalue weighted by Gasteiger charge is -2.16. The summed E-state index contributed by atoms with van der Waals surface area (Å²) < 4.78 is 0. The van der Waals surface area contributed by atoms with Crippen LogP contribution in [0.4, 0.5) is 0 Å². The average molecular weight is 246 g/mol. The van der Waals surface area contributed by atoms with E-state index in [1.54, 1.807) is 0 Å². The third-order valence-electron chi connectivity index (χ3n) is 2.87. The van der Waals surface area contributed by atoms with Crippen molar-refractivity contribution in [2.45, 2.75) is 13.0 Å². The Balaban J connectivity index is 2.27. The number of thioether (sulfide) groups is 1. The van der Waals surface area contributed by atoms with E-state index in [2.05, 4.69) is 54.8 Å². The van der Waals surface area contributed by atoms with Crippen LogP contribution in [0.5, 0.6) is 0 Å². The van der Waals surface area contributed by atoms with Crippen molar-refractivity contribution < 1.29 is 0 Å². The van der Waals surface area contributed by atoms with Gasteiger partial charge in [-0.15, -0.1) is 0 Å². The molecule has 0 aliphatic heterocycles. The highest BCUT2D eigenvalue weighted by molar-refractivity contribution is 7.99. The van der Waals surface area contributed by atoms with Crippen LogP contribution in [-0.4, -0.2) is 11.5 Å². The van der Waals surface area contributed by atoms with E-state index >= 15 is 0 Å². The Morgan fingerprint density at radius 2 is 1.94 bits per heavy atom. The molecule has 0 bridgehead atoms. The summed E-state index contributed by atoms with van der Waals surface area (Å²) in [6.07, 6.45) is 0. The molecule has 2 rings (SSSR count). The second-order valence-corrected chi connectivity index (χ2v) is 5.30. The maximum atomic E-state index is 5.63. The zero-order valence-electron chi connectivity index (χ0n) is 10.0. The molecule has 3 N–H and O–H groups in total. The molecular weight excluding hydrogens is 228 g/mol. The number of hydrogen-bond acceptors (Lipinski definition) is 3. The van der Waals surface area contributed by atoms with Gasteiger partial charge in [-0.25, -0.2) is 0 Å². The van der Waals surface area contributed by atoms with Crippen LogP contribution in [0.15, 0.2) is 42.5 Å². The lowest BCUT2D eigenvalue weighted by Crippen LogP contribution is -2.29. The van der Waals surface area contributed by atoms with Crippen LogP contribution in [0.2, 0.25) is 0 Å². The van der Waals surface area contributed by atoms with Crippen LogP contribution in [0.25, 0.3) is 10.8 Å². The maximum Gasteiger partial charge on any atom is 0.0550 e. The minimum Gasteiger partial charge on any atom is -0.271 e. The first-order valence-electron chi connectivity index (χ1n) is 5.87. The van der Waals surface area contributed by atoms with Crippen molar-refractivity contribution >= 4 is 22.5 Å². The van der Waals surface area contributed by atoms with E-state index in [4.69, 9.17) is 5.84 Å². The number of hydrazine groups is 1. The Morgan fingerprint density at radius 1 is 1.18 bits per heavy atom. The van der Waals surface area contributed by atoms with Gasteiger partial charge in [0.15, 0.2) is 0 Å². The molecule has 0 saturated carbocycles. The van der Waals surface area contributed by atoms with Gasteiger partial charge in [-0.2, -0.15) is 11.8 Å². The van der Waals surface area contributed by atoms with Crippen molar-refractivity contribution in [1.29, 1.82) is 0 Å². The van der Waals surface area contributed by atoms with E-state index < -0.39 is 0 Å². The maximum absolute atomic E-state index is 5.63. The van der Waals surface area contributed by atoms with Crippen molar-refractivity contribution in [2.75, 3.05) is 11.5 Å². The predicted octanol–water partition coefficient (Wildman–Crippen LogP) is 3.10. The lowest BCUT2D eigenvalue weighted by atomic mass is 10.0. The van der Waals surface area contributed by atoms with Gasteiger partial charge in [-0.1, -0.05) is 43.3 Å². The number of hydrogen-bond donors (Lipinski definition) is 2. The van der Waals surface area contributed by atoms with Crippen LogP contribution >= 0.6 is 11.8 Å². The number of nitrogens with one attached hydrogen (secondary N) is 1. The third kappa shape index (κ3) is 3.00. The van der Waals surface area contributed by atoms with Crippen molar-refractivity contribution in [3.05, 3.63) is 48.0 Å². The van der Waals surface area contributed by atoms with Gasteiger partial charge in [0.05, 0.1) is 6.04 Å².